The molecule has 0 amide bonds. The molecule has 0 unspecified atom stereocenters. The van der Waals surface area contributed by atoms with E-state index < -0.39 is 0 Å². The maximum Gasteiger partial charge on any atom is 0.168 e. The van der Waals surface area contributed by atoms with Crippen LogP contribution in [-0.4, -0.2) is 45.9 Å². The highest BCUT2D eigenvalue weighted by Gasteiger charge is 2.17. The Morgan fingerprint density at radius 3 is 2.59 bits per heavy atom. The summed E-state index contributed by atoms with van der Waals surface area (Å²) in [6.45, 7) is 3.71. The molecule has 112 valence electrons. The van der Waals surface area contributed by atoms with Crippen LogP contribution >= 0.6 is 0 Å². The molecular weight excluding hydrogens is 283 g/mol. The van der Waals surface area contributed by atoms with Gasteiger partial charge < -0.3 is 10.2 Å². The lowest BCUT2D eigenvalue weighted by molar-refractivity contribution is 0.586. The fraction of sp³-hybridized carbons (Fsp3) is 0.267. The lowest BCUT2D eigenvalue weighted by Gasteiger charge is -2.28. The van der Waals surface area contributed by atoms with E-state index in [2.05, 4.69) is 25.3 Å². The SMILES string of the molecule is Fc1ccc(-n2ncc3c(N4CCNCC4)ncnc32)cc1. The van der Waals surface area contributed by atoms with E-state index in [1.54, 1.807) is 29.3 Å². The van der Waals surface area contributed by atoms with Crippen molar-refractivity contribution in [2.75, 3.05) is 31.1 Å². The quantitative estimate of drug-likeness (QED) is 0.774. The number of anilines is 1. The largest absolute Gasteiger partial charge is 0.353 e. The Balaban J connectivity index is 1.80. The minimum absolute atomic E-state index is 0.267. The molecule has 6 nitrogen and oxygen atoms in total. The highest BCUT2D eigenvalue weighted by atomic mass is 19.1. The summed E-state index contributed by atoms with van der Waals surface area (Å²) in [4.78, 5) is 11.0. The molecule has 22 heavy (non-hydrogen) atoms. The standard InChI is InChI=1S/C15H15FN6/c16-11-1-3-12(4-2-11)22-15-13(9-20-22)14(18-10-19-15)21-7-5-17-6-8-21/h1-4,9-10,17H,5-8H2. The van der Waals surface area contributed by atoms with Gasteiger partial charge >= 0.3 is 0 Å². The van der Waals surface area contributed by atoms with Gasteiger partial charge in [0, 0.05) is 26.2 Å². The van der Waals surface area contributed by atoms with Gasteiger partial charge in [0.2, 0.25) is 0 Å². The van der Waals surface area contributed by atoms with Crippen LogP contribution in [-0.2, 0) is 0 Å². The Morgan fingerprint density at radius 2 is 1.82 bits per heavy atom. The molecule has 0 radical (unpaired) electrons. The van der Waals surface area contributed by atoms with Gasteiger partial charge in [0.25, 0.3) is 0 Å². The van der Waals surface area contributed by atoms with Crippen molar-refractivity contribution in [3.63, 3.8) is 0 Å². The average Bonchev–Trinajstić information content (AvgIpc) is 3.00. The van der Waals surface area contributed by atoms with Gasteiger partial charge in [0.05, 0.1) is 17.3 Å². The van der Waals surface area contributed by atoms with E-state index >= 15 is 0 Å². The molecule has 4 rings (SSSR count). The smallest absolute Gasteiger partial charge is 0.168 e. The molecule has 1 aliphatic rings. The number of aromatic nitrogens is 4. The van der Waals surface area contributed by atoms with Gasteiger partial charge in [-0.15, -0.1) is 0 Å². The van der Waals surface area contributed by atoms with Crippen LogP contribution in [0.3, 0.4) is 0 Å². The lowest BCUT2D eigenvalue weighted by Crippen LogP contribution is -2.44. The van der Waals surface area contributed by atoms with Crippen molar-refractivity contribution < 1.29 is 4.39 Å². The number of nitrogens with zero attached hydrogens (tertiary/aromatic N) is 5. The number of rotatable bonds is 2. The molecule has 1 fully saturated rings. The van der Waals surface area contributed by atoms with Gasteiger partial charge in [0.15, 0.2) is 5.65 Å². The van der Waals surface area contributed by atoms with E-state index in [-0.39, 0.29) is 5.82 Å². The van der Waals surface area contributed by atoms with E-state index in [0.717, 1.165) is 48.7 Å². The monoisotopic (exact) mass is 298 g/mol. The first-order valence-electron chi connectivity index (χ1n) is 7.23. The second kappa shape index (κ2) is 5.34. The van der Waals surface area contributed by atoms with Gasteiger partial charge in [-0.3, -0.25) is 0 Å². The van der Waals surface area contributed by atoms with Crippen molar-refractivity contribution in [1.82, 2.24) is 25.1 Å². The van der Waals surface area contributed by atoms with Crippen molar-refractivity contribution in [1.29, 1.82) is 0 Å². The highest BCUT2D eigenvalue weighted by Crippen LogP contribution is 2.24. The van der Waals surface area contributed by atoms with Gasteiger partial charge in [-0.25, -0.2) is 19.0 Å². The van der Waals surface area contributed by atoms with Crippen molar-refractivity contribution in [3.05, 3.63) is 42.6 Å². The third-order valence-corrected chi connectivity index (χ3v) is 3.83. The van der Waals surface area contributed by atoms with Crippen molar-refractivity contribution in [2.24, 2.45) is 0 Å². The first-order chi connectivity index (χ1) is 10.8. The van der Waals surface area contributed by atoms with E-state index in [4.69, 9.17) is 0 Å². The summed E-state index contributed by atoms with van der Waals surface area (Å²) in [5, 5.41) is 8.64. The maximum atomic E-state index is 13.1. The Morgan fingerprint density at radius 1 is 1.05 bits per heavy atom. The Kier molecular flexibility index (Phi) is 3.19. The average molecular weight is 298 g/mol. The topological polar surface area (TPSA) is 58.9 Å². The second-order valence-electron chi connectivity index (χ2n) is 5.20. The predicted octanol–water partition coefficient (Wildman–Crippen LogP) is 1.36. The number of nitrogens with one attached hydrogen (secondary N) is 1. The molecule has 1 aliphatic heterocycles. The van der Waals surface area contributed by atoms with Crippen molar-refractivity contribution >= 4 is 16.9 Å². The summed E-state index contributed by atoms with van der Waals surface area (Å²) < 4.78 is 14.8. The molecule has 0 spiro atoms. The van der Waals surface area contributed by atoms with E-state index in [0.29, 0.717) is 0 Å². The first kappa shape index (κ1) is 13.1. The van der Waals surface area contributed by atoms with Gasteiger partial charge in [0.1, 0.15) is 18.0 Å². The van der Waals surface area contributed by atoms with Crippen LogP contribution in [0.15, 0.2) is 36.8 Å². The summed E-state index contributed by atoms with van der Waals surface area (Å²) in [5.74, 6) is 0.635. The molecule has 0 atom stereocenters. The zero-order chi connectivity index (χ0) is 14.9. The fourth-order valence-electron chi connectivity index (χ4n) is 2.73. The molecule has 1 aromatic carbocycles. The van der Waals surface area contributed by atoms with Crippen LogP contribution in [0.5, 0.6) is 0 Å². The maximum absolute atomic E-state index is 13.1. The van der Waals surface area contributed by atoms with Crippen LogP contribution in [0.2, 0.25) is 0 Å². The van der Waals surface area contributed by atoms with Gasteiger partial charge in [-0.2, -0.15) is 5.10 Å². The summed E-state index contributed by atoms with van der Waals surface area (Å²) in [7, 11) is 0. The molecule has 0 aliphatic carbocycles. The zero-order valence-electron chi connectivity index (χ0n) is 11.9. The molecule has 2 aromatic heterocycles. The third kappa shape index (κ3) is 2.19. The molecule has 3 heterocycles. The third-order valence-electron chi connectivity index (χ3n) is 3.83. The molecule has 7 heteroatoms. The second-order valence-corrected chi connectivity index (χ2v) is 5.20. The first-order valence-corrected chi connectivity index (χ1v) is 7.23. The van der Waals surface area contributed by atoms with Crippen LogP contribution in [0.1, 0.15) is 0 Å². The summed E-state index contributed by atoms with van der Waals surface area (Å²) in [5.41, 5.74) is 1.51. The number of piperazine rings is 1. The Hall–Kier alpha value is -2.54. The molecule has 3 aromatic rings. The van der Waals surface area contributed by atoms with Crippen LogP contribution in [0, 0.1) is 5.82 Å². The Bertz CT molecular complexity index is 791. The molecule has 0 saturated carbocycles. The normalized spacial score (nSPS) is 15.4. The lowest BCUT2D eigenvalue weighted by atomic mass is 10.3. The van der Waals surface area contributed by atoms with Crippen molar-refractivity contribution in [2.45, 2.75) is 0 Å². The number of benzene rings is 1. The number of fused-ring (bicyclic) bond motifs is 1. The van der Waals surface area contributed by atoms with Gasteiger partial charge in [-0.05, 0) is 24.3 Å². The molecule has 1 N–H and O–H groups in total. The van der Waals surface area contributed by atoms with E-state index in [9.17, 15) is 4.39 Å². The minimum atomic E-state index is -0.267. The van der Waals surface area contributed by atoms with Crippen LogP contribution in [0.4, 0.5) is 10.2 Å². The number of hydrogen-bond acceptors (Lipinski definition) is 5. The van der Waals surface area contributed by atoms with Crippen LogP contribution in [0.25, 0.3) is 16.7 Å². The predicted molar refractivity (Wildman–Crippen MR) is 81.7 cm³/mol. The minimum Gasteiger partial charge on any atom is -0.353 e. The zero-order valence-corrected chi connectivity index (χ0v) is 11.9. The number of halogens is 1. The number of hydrogen-bond donors (Lipinski definition) is 1. The highest BCUT2D eigenvalue weighted by molar-refractivity contribution is 5.87. The molecule has 1 saturated heterocycles. The molecular formula is C15H15FN6. The van der Waals surface area contributed by atoms with Crippen LogP contribution < -0.4 is 10.2 Å². The summed E-state index contributed by atoms with van der Waals surface area (Å²) >= 11 is 0. The Labute approximate surface area is 126 Å². The van der Waals surface area contributed by atoms with Gasteiger partial charge in [-0.1, -0.05) is 0 Å². The van der Waals surface area contributed by atoms with E-state index in [1.165, 1.54) is 12.1 Å². The fourth-order valence-corrected chi connectivity index (χ4v) is 2.73. The van der Waals surface area contributed by atoms with E-state index in [1.807, 2.05) is 0 Å². The summed E-state index contributed by atoms with van der Waals surface area (Å²) in [6.07, 6.45) is 3.33. The molecule has 0 bridgehead atoms. The summed E-state index contributed by atoms with van der Waals surface area (Å²) in [6, 6.07) is 6.21. The van der Waals surface area contributed by atoms with Crippen molar-refractivity contribution in [3.8, 4) is 5.69 Å².